The zero-order chi connectivity index (χ0) is 12.8. The van der Waals surface area contributed by atoms with E-state index in [0.717, 1.165) is 18.5 Å². The van der Waals surface area contributed by atoms with E-state index in [1.165, 1.54) is 0 Å². The number of halogens is 1. The van der Waals surface area contributed by atoms with Gasteiger partial charge in [-0.3, -0.25) is 5.41 Å². The Balaban J connectivity index is 0.00000180. The number of nitrogens with zero attached hydrogens (tertiary/aromatic N) is 1. The molecule has 2 rings (SSSR count). The average Bonchev–Trinajstić information content (AvgIpc) is 2.40. The van der Waals surface area contributed by atoms with E-state index in [0.29, 0.717) is 5.75 Å². The van der Waals surface area contributed by atoms with Crippen LogP contribution in [0.15, 0.2) is 54.9 Å². The number of rotatable bonds is 4. The predicted molar refractivity (Wildman–Crippen MR) is 70.8 cm³/mol. The van der Waals surface area contributed by atoms with Crippen LogP contribution < -0.4 is 33.3 Å². The Labute approximate surface area is 130 Å². The highest BCUT2D eigenvalue weighted by molar-refractivity contribution is 5.92. The number of pyridine rings is 1. The monoisotopic (exact) mass is 368 g/mol. The van der Waals surface area contributed by atoms with Gasteiger partial charge in [0.15, 0.2) is 11.9 Å². The average molecular weight is 368 g/mol. The first-order chi connectivity index (χ1) is 8.79. The number of aryl methyl sites for hydroxylation is 1. The van der Waals surface area contributed by atoms with Crippen molar-refractivity contribution >= 4 is 5.90 Å². The first-order valence-electron chi connectivity index (χ1n) is 6.10. The lowest BCUT2D eigenvalue weighted by atomic mass is 10.2. The Morgan fingerprint density at radius 1 is 1.16 bits per heavy atom. The Kier molecular flexibility index (Phi) is 6.49. The third-order valence-electron chi connectivity index (χ3n) is 2.57. The molecule has 0 aliphatic rings. The molecule has 2 aromatic rings. The summed E-state index contributed by atoms with van der Waals surface area (Å²) in [5, 5.41) is 7.91. The number of nitrogens with one attached hydrogen (secondary N) is 1. The molecule has 0 saturated carbocycles. The summed E-state index contributed by atoms with van der Waals surface area (Å²) in [5.41, 5.74) is 0.781. The highest BCUT2D eigenvalue weighted by atomic mass is 127. The molecule has 4 heteroatoms. The van der Waals surface area contributed by atoms with Gasteiger partial charge in [-0.25, -0.2) is 4.57 Å². The summed E-state index contributed by atoms with van der Waals surface area (Å²) in [6, 6.07) is 13.3. The van der Waals surface area contributed by atoms with E-state index in [1.54, 1.807) is 0 Å². The Hall–Kier alpha value is -1.43. The summed E-state index contributed by atoms with van der Waals surface area (Å²) in [4.78, 5) is 0. The van der Waals surface area contributed by atoms with Crippen molar-refractivity contribution in [1.82, 2.24) is 0 Å². The molecule has 19 heavy (non-hydrogen) atoms. The summed E-state index contributed by atoms with van der Waals surface area (Å²) in [5.74, 6) is 0.865. The molecule has 0 saturated heterocycles. The maximum absolute atomic E-state index is 7.91. The van der Waals surface area contributed by atoms with Crippen molar-refractivity contribution in [3.05, 3.63) is 60.4 Å². The van der Waals surface area contributed by atoms with Crippen molar-refractivity contribution in [3.8, 4) is 5.75 Å². The van der Waals surface area contributed by atoms with Crippen LogP contribution in [0, 0.1) is 5.41 Å². The van der Waals surface area contributed by atoms with Crippen LogP contribution in [0.1, 0.15) is 18.9 Å². The summed E-state index contributed by atoms with van der Waals surface area (Å²) < 4.78 is 7.61. The molecule has 0 aliphatic heterocycles. The predicted octanol–water partition coefficient (Wildman–Crippen LogP) is -0.208. The molecular formula is C15H17IN2O. The van der Waals surface area contributed by atoms with Gasteiger partial charge in [0.2, 0.25) is 12.1 Å². The van der Waals surface area contributed by atoms with Gasteiger partial charge in [0.1, 0.15) is 6.54 Å². The fraction of sp³-hybridized carbons (Fsp3) is 0.200. The lowest BCUT2D eigenvalue weighted by molar-refractivity contribution is -0.697. The van der Waals surface area contributed by atoms with Gasteiger partial charge >= 0.3 is 0 Å². The zero-order valence-corrected chi connectivity index (χ0v) is 13.0. The molecule has 100 valence electrons. The topological polar surface area (TPSA) is 37.0 Å². The Morgan fingerprint density at radius 3 is 2.58 bits per heavy atom. The van der Waals surface area contributed by atoms with Crippen LogP contribution in [-0.4, -0.2) is 5.90 Å². The van der Waals surface area contributed by atoms with E-state index in [9.17, 15) is 0 Å². The van der Waals surface area contributed by atoms with Crippen LogP contribution in [0.25, 0.3) is 0 Å². The second-order valence-corrected chi connectivity index (χ2v) is 4.07. The molecule has 0 amide bonds. The van der Waals surface area contributed by atoms with Gasteiger partial charge in [-0.2, -0.15) is 0 Å². The Morgan fingerprint density at radius 2 is 1.89 bits per heavy atom. The van der Waals surface area contributed by atoms with Crippen molar-refractivity contribution in [1.29, 1.82) is 5.41 Å². The zero-order valence-electron chi connectivity index (χ0n) is 10.8. The largest absolute Gasteiger partial charge is 1.00 e. The molecular weight excluding hydrogens is 351 g/mol. The fourth-order valence-electron chi connectivity index (χ4n) is 1.72. The standard InChI is InChI=1S/C15H17N2O.HI/c1-2-10-17-11-6-9-14(12-17)18-15(16)13-7-4-3-5-8-13;/h3-9,11-12,16H,2,10H2,1H3;1H/q+1;/p-1. The maximum Gasteiger partial charge on any atom is 0.219 e. The van der Waals surface area contributed by atoms with E-state index in [-0.39, 0.29) is 29.9 Å². The van der Waals surface area contributed by atoms with Crippen molar-refractivity contribution in [2.24, 2.45) is 0 Å². The normalized spacial score (nSPS) is 9.53. The van der Waals surface area contributed by atoms with E-state index >= 15 is 0 Å². The smallest absolute Gasteiger partial charge is 0.219 e. The minimum absolute atomic E-state index is 0. The minimum Gasteiger partial charge on any atom is -1.00 e. The maximum atomic E-state index is 7.91. The van der Waals surface area contributed by atoms with Crippen molar-refractivity contribution < 1.29 is 33.3 Å². The molecule has 0 spiro atoms. The van der Waals surface area contributed by atoms with Crippen LogP contribution in [-0.2, 0) is 6.54 Å². The molecule has 0 radical (unpaired) electrons. The van der Waals surface area contributed by atoms with Gasteiger partial charge < -0.3 is 28.7 Å². The van der Waals surface area contributed by atoms with E-state index in [2.05, 4.69) is 11.5 Å². The van der Waals surface area contributed by atoms with Gasteiger partial charge in [-0.1, -0.05) is 25.1 Å². The van der Waals surface area contributed by atoms with Crippen molar-refractivity contribution in [3.63, 3.8) is 0 Å². The number of benzene rings is 1. The SMILES string of the molecule is CCC[n+]1cccc(OC(=N)c2ccccc2)c1.[I-]. The van der Waals surface area contributed by atoms with Crippen LogP contribution in [0.3, 0.4) is 0 Å². The van der Waals surface area contributed by atoms with Crippen molar-refractivity contribution in [2.45, 2.75) is 19.9 Å². The summed E-state index contributed by atoms with van der Waals surface area (Å²) in [6.45, 7) is 3.09. The first kappa shape index (κ1) is 15.6. The van der Waals surface area contributed by atoms with Crippen LogP contribution in [0.2, 0.25) is 0 Å². The molecule has 1 N–H and O–H groups in total. The number of hydrogen-bond acceptors (Lipinski definition) is 2. The number of ether oxygens (including phenoxy) is 1. The molecule has 3 nitrogen and oxygen atoms in total. The van der Waals surface area contributed by atoms with E-state index in [1.807, 2.05) is 54.9 Å². The second kappa shape index (κ2) is 7.89. The van der Waals surface area contributed by atoms with E-state index in [4.69, 9.17) is 10.1 Å². The lowest BCUT2D eigenvalue weighted by Crippen LogP contribution is -3.00. The summed E-state index contributed by atoms with van der Waals surface area (Å²) in [6.07, 6.45) is 4.99. The van der Waals surface area contributed by atoms with Gasteiger partial charge in [-0.15, -0.1) is 0 Å². The molecule has 1 aromatic heterocycles. The highest BCUT2D eigenvalue weighted by Gasteiger charge is 2.07. The van der Waals surface area contributed by atoms with Crippen molar-refractivity contribution in [2.75, 3.05) is 0 Å². The molecule has 0 bridgehead atoms. The van der Waals surface area contributed by atoms with Crippen LogP contribution in [0.4, 0.5) is 0 Å². The molecule has 1 heterocycles. The Bertz CT molecular complexity index is 529. The van der Waals surface area contributed by atoms with Crippen LogP contribution in [0.5, 0.6) is 5.75 Å². The summed E-state index contributed by atoms with van der Waals surface area (Å²) in [7, 11) is 0. The number of hydrogen-bond donors (Lipinski definition) is 1. The first-order valence-corrected chi connectivity index (χ1v) is 6.10. The highest BCUT2D eigenvalue weighted by Crippen LogP contribution is 2.09. The molecule has 0 aliphatic carbocycles. The molecule has 0 unspecified atom stereocenters. The number of aromatic nitrogens is 1. The molecule has 0 fully saturated rings. The van der Waals surface area contributed by atoms with Gasteiger partial charge in [-0.05, 0) is 18.2 Å². The molecule has 0 atom stereocenters. The summed E-state index contributed by atoms with van der Waals surface area (Å²) >= 11 is 0. The third-order valence-corrected chi connectivity index (χ3v) is 2.57. The third kappa shape index (κ3) is 4.63. The fourth-order valence-corrected chi connectivity index (χ4v) is 1.72. The van der Waals surface area contributed by atoms with Gasteiger partial charge in [0.25, 0.3) is 0 Å². The van der Waals surface area contributed by atoms with Gasteiger partial charge in [0, 0.05) is 18.1 Å². The van der Waals surface area contributed by atoms with Crippen LogP contribution >= 0.6 is 0 Å². The molecule has 1 aromatic carbocycles. The second-order valence-electron chi connectivity index (χ2n) is 4.07. The lowest BCUT2D eigenvalue weighted by Gasteiger charge is -2.05. The van der Waals surface area contributed by atoms with Gasteiger partial charge in [0.05, 0.1) is 0 Å². The minimum atomic E-state index is 0. The quantitative estimate of drug-likeness (QED) is 0.345. The van der Waals surface area contributed by atoms with E-state index < -0.39 is 0 Å².